The Morgan fingerprint density at radius 3 is 2.48 bits per heavy atom. The molecule has 33 heavy (non-hydrogen) atoms. The Labute approximate surface area is 191 Å². The molecule has 2 unspecified atom stereocenters. The van der Waals surface area contributed by atoms with Gasteiger partial charge in [0, 0.05) is 17.7 Å². The molecule has 2 heterocycles. The van der Waals surface area contributed by atoms with Gasteiger partial charge in [-0.2, -0.15) is 0 Å². The van der Waals surface area contributed by atoms with Crippen molar-refractivity contribution in [3.63, 3.8) is 0 Å². The van der Waals surface area contributed by atoms with Crippen LogP contribution >= 0.6 is 0 Å². The van der Waals surface area contributed by atoms with Crippen molar-refractivity contribution < 1.29 is 27.3 Å². The zero-order valence-electron chi connectivity index (χ0n) is 18.8. The molecule has 1 aliphatic heterocycles. The van der Waals surface area contributed by atoms with Gasteiger partial charge in [0.2, 0.25) is 17.7 Å². The first kappa shape index (κ1) is 23.0. The smallest absolute Gasteiger partial charge is 0.263 e. The summed E-state index contributed by atoms with van der Waals surface area (Å²) in [6.07, 6.45) is 1.25. The summed E-state index contributed by atoms with van der Waals surface area (Å²) in [5, 5.41) is 6.22. The van der Waals surface area contributed by atoms with E-state index in [1.807, 2.05) is 20.8 Å². The van der Waals surface area contributed by atoms with Crippen LogP contribution in [0.2, 0.25) is 0 Å². The van der Waals surface area contributed by atoms with Crippen molar-refractivity contribution >= 4 is 39.3 Å². The van der Waals surface area contributed by atoms with Crippen LogP contribution in [0.15, 0.2) is 39.8 Å². The van der Waals surface area contributed by atoms with Crippen LogP contribution in [0.4, 0.5) is 11.5 Å². The lowest BCUT2D eigenvalue weighted by molar-refractivity contribution is -0.168. The number of nitrogens with one attached hydrogen (secondary N) is 2. The van der Waals surface area contributed by atoms with Crippen LogP contribution in [0.1, 0.15) is 39.4 Å². The van der Waals surface area contributed by atoms with Gasteiger partial charge in [-0.3, -0.25) is 24.0 Å². The Kier molecular flexibility index (Phi) is 5.35. The van der Waals surface area contributed by atoms with Crippen LogP contribution in [0.25, 0.3) is 0 Å². The number of aromatic nitrogens is 1. The van der Waals surface area contributed by atoms with Crippen molar-refractivity contribution in [1.82, 2.24) is 10.1 Å². The van der Waals surface area contributed by atoms with Gasteiger partial charge in [0.05, 0.1) is 10.3 Å². The molecule has 2 atom stereocenters. The molecule has 1 aromatic carbocycles. The number of amides is 3. The molecule has 4 rings (SSSR count). The molecule has 2 aliphatic rings. The minimum Gasteiger partial charge on any atom is -0.360 e. The number of fused-ring (bicyclic) bond motifs is 2. The number of carbonyl (C=O) groups is 3. The van der Waals surface area contributed by atoms with Crippen molar-refractivity contribution in [3.8, 4) is 0 Å². The SMILES string of the molecule is Cc1cc(NS(=O)(=O)c2ccc(NC(=O)CN3C(=O)C4CCC(C)(C3=O)C4(C)C)cc2)no1. The van der Waals surface area contributed by atoms with Crippen LogP contribution in [0.3, 0.4) is 0 Å². The number of nitrogens with zero attached hydrogens (tertiary/aromatic N) is 2. The highest BCUT2D eigenvalue weighted by atomic mass is 32.2. The number of piperidine rings is 1. The summed E-state index contributed by atoms with van der Waals surface area (Å²) < 4.78 is 32.1. The van der Waals surface area contributed by atoms with Gasteiger partial charge in [0.25, 0.3) is 10.0 Å². The van der Waals surface area contributed by atoms with Gasteiger partial charge in [-0.15, -0.1) is 0 Å². The minimum atomic E-state index is -3.89. The molecule has 1 aromatic heterocycles. The Balaban J connectivity index is 1.42. The van der Waals surface area contributed by atoms with Crippen LogP contribution in [0, 0.1) is 23.7 Å². The summed E-state index contributed by atoms with van der Waals surface area (Å²) in [4.78, 5) is 39.6. The lowest BCUT2D eigenvalue weighted by Crippen LogP contribution is -2.60. The highest BCUT2D eigenvalue weighted by molar-refractivity contribution is 7.92. The van der Waals surface area contributed by atoms with Crippen LogP contribution in [0.5, 0.6) is 0 Å². The first-order chi connectivity index (χ1) is 15.3. The lowest BCUT2D eigenvalue weighted by Gasteiger charge is -2.47. The third-order valence-electron chi connectivity index (χ3n) is 7.12. The van der Waals surface area contributed by atoms with E-state index in [1.165, 1.54) is 30.3 Å². The third-order valence-corrected chi connectivity index (χ3v) is 8.50. The van der Waals surface area contributed by atoms with Gasteiger partial charge >= 0.3 is 0 Å². The first-order valence-corrected chi connectivity index (χ1v) is 12.1. The molecule has 176 valence electrons. The maximum Gasteiger partial charge on any atom is 0.263 e. The summed E-state index contributed by atoms with van der Waals surface area (Å²) in [7, 11) is -3.89. The van der Waals surface area contributed by atoms with E-state index in [4.69, 9.17) is 4.52 Å². The maximum atomic E-state index is 13.1. The highest BCUT2D eigenvalue weighted by Crippen LogP contribution is 2.59. The quantitative estimate of drug-likeness (QED) is 0.613. The Bertz CT molecular complexity index is 1230. The van der Waals surface area contributed by atoms with Crippen LogP contribution in [-0.4, -0.2) is 42.7 Å². The second kappa shape index (κ2) is 7.68. The number of carbonyl (C=O) groups excluding carboxylic acids is 3. The number of sulfonamides is 1. The standard InChI is InChI=1S/C22H26N4O6S/c1-13-11-17(24-32-13)25-33(30,31)15-7-5-14(6-8-15)23-18(27)12-26-19(28)16-9-10-22(4,20(26)29)21(16,2)3/h5-8,11,16H,9-10,12H2,1-4H3,(H,23,27)(H,24,25). The molecular formula is C22H26N4O6S. The summed E-state index contributed by atoms with van der Waals surface area (Å²) >= 11 is 0. The molecule has 1 saturated heterocycles. The Morgan fingerprint density at radius 2 is 1.88 bits per heavy atom. The fourth-order valence-electron chi connectivity index (χ4n) is 4.72. The van der Waals surface area contributed by atoms with Gasteiger partial charge < -0.3 is 9.84 Å². The monoisotopic (exact) mass is 474 g/mol. The summed E-state index contributed by atoms with van der Waals surface area (Å²) in [6, 6.07) is 6.95. The fourth-order valence-corrected chi connectivity index (χ4v) is 5.71. The van der Waals surface area contributed by atoms with E-state index in [-0.39, 0.29) is 35.0 Å². The normalized spacial score (nSPS) is 24.1. The maximum absolute atomic E-state index is 13.1. The number of benzene rings is 1. The zero-order chi connectivity index (χ0) is 24.2. The van der Waals surface area contributed by atoms with Crippen molar-refractivity contribution in [2.24, 2.45) is 16.7 Å². The van der Waals surface area contributed by atoms with Gasteiger partial charge in [-0.25, -0.2) is 8.42 Å². The van der Waals surface area contributed by atoms with Crippen LogP contribution in [-0.2, 0) is 24.4 Å². The van der Waals surface area contributed by atoms with E-state index in [2.05, 4.69) is 15.2 Å². The van der Waals surface area contributed by atoms with E-state index in [1.54, 1.807) is 6.92 Å². The van der Waals surface area contributed by atoms with E-state index in [0.29, 0.717) is 24.3 Å². The zero-order valence-corrected chi connectivity index (χ0v) is 19.7. The molecule has 1 saturated carbocycles. The van der Waals surface area contributed by atoms with Crippen LogP contribution < -0.4 is 10.0 Å². The van der Waals surface area contributed by atoms with Crippen molar-refractivity contribution in [2.45, 2.75) is 45.4 Å². The number of aryl methyl sites for hydroxylation is 1. The Morgan fingerprint density at radius 1 is 1.21 bits per heavy atom. The molecule has 0 radical (unpaired) electrons. The number of rotatable bonds is 6. The fraction of sp³-hybridized carbons (Fsp3) is 0.455. The minimum absolute atomic E-state index is 0.0331. The molecule has 11 heteroatoms. The van der Waals surface area contributed by atoms with Gasteiger partial charge in [-0.1, -0.05) is 25.9 Å². The lowest BCUT2D eigenvalue weighted by atomic mass is 9.62. The van der Waals surface area contributed by atoms with Gasteiger partial charge in [-0.05, 0) is 49.4 Å². The predicted octanol–water partition coefficient (Wildman–Crippen LogP) is 2.53. The van der Waals surface area contributed by atoms with Crippen molar-refractivity contribution in [3.05, 3.63) is 36.1 Å². The largest absolute Gasteiger partial charge is 0.360 e. The third kappa shape index (κ3) is 3.79. The predicted molar refractivity (Wildman–Crippen MR) is 118 cm³/mol. The summed E-state index contributed by atoms with van der Waals surface area (Å²) in [5.74, 6) is -0.943. The molecule has 2 bridgehead atoms. The molecule has 1 aliphatic carbocycles. The number of likely N-dealkylation sites (tertiary alicyclic amines) is 1. The highest BCUT2D eigenvalue weighted by Gasteiger charge is 2.64. The summed E-state index contributed by atoms with van der Waals surface area (Å²) in [6.45, 7) is 6.99. The molecule has 0 spiro atoms. The molecular weight excluding hydrogens is 448 g/mol. The summed E-state index contributed by atoms with van der Waals surface area (Å²) in [5.41, 5.74) is -0.798. The molecule has 10 nitrogen and oxygen atoms in total. The van der Waals surface area contributed by atoms with Crippen molar-refractivity contribution in [1.29, 1.82) is 0 Å². The van der Waals surface area contributed by atoms with Gasteiger partial charge in [0.1, 0.15) is 12.3 Å². The molecule has 2 fully saturated rings. The molecule has 2 aromatic rings. The topological polar surface area (TPSA) is 139 Å². The molecule has 2 N–H and O–H groups in total. The average Bonchev–Trinajstić information content (AvgIpc) is 3.22. The number of imide groups is 1. The average molecular weight is 475 g/mol. The first-order valence-electron chi connectivity index (χ1n) is 10.6. The van der Waals surface area contributed by atoms with E-state index in [0.717, 1.165) is 4.90 Å². The Hall–Kier alpha value is -3.21. The second-order valence-electron chi connectivity index (χ2n) is 9.38. The number of anilines is 2. The van der Waals surface area contributed by atoms with E-state index in [9.17, 15) is 22.8 Å². The molecule has 3 amide bonds. The van der Waals surface area contributed by atoms with Crippen molar-refractivity contribution in [2.75, 3.05) is 16.6 Å². The number of hydrogen-bond acceptors (Lipinski definition) is 7. The van der Waals surface area contributed by atoms with E-state index >= 15 is 0 Å². The van der Waals surface area contributed by atoms with Gasteiger partial charge in [0.15, 0.2) is 5.82 Å². The van der Waals surface area contributed by atoms with E-state index < -0.39 is 26.8 Å². The second-order valence-corrected chi connectivity index (χ2v) is 11.1. The number of hydrogen-bond donors (Lipinski definition) is 2.